The summed E-state index contributed by atoms with van der Waals surface area (Å²) in [7, 11) is 0. The Morgan fingerprint density at radius 1 is 0.851 bits per heavy atom. The van der Waals surface area contributed by atoms with Crippen molar-refractivity contribution in [2.75, 3.05) is 32.8 Å². The second-order valence-corrected chi connectivity index (χ2v) is 19.4. The molecule has 3 rings (SSSR count). The first kappa shape index (κ1) is 75.6. The maximum atomic E-state index is 13.0. The van der Waals surface area contributed by atoms with Crippen molar-refractivity contribution in [2.45, 2.75) is 218 Å². The van der Waals surface area contributed by atoms with E-state index < -0.39 is 11.4 Å². The number of unbranched alkanes of at least 4 members (excludes halogenated alkanes) is 7. The van der Waals surface area contributed by atoms with Crippen LogP contribution in [0.5, 0.6) is 0 Å². The van der Waals surface area contributed by atoms with Gasteiger partial charge in [-0.25, -0.2) is 4.98 Å². The first-order valence-corrected chi connectivity index (χ1v) is 26.2. The molecule has 0 saturated carbocycles. The monoisotopic (exact) mass is 1380 g/mol. The molecule has 0 bridgehead atoms. The van der Waals surface area contributed by atoms with Gasteiger partial charge in [0.1, 0.15) is 0 Å². The van der Waals surface area contributed by atoms with Gasteiger partial charge in [-0.2, -0.15) is 17.7 Å². The Labute approximate surface area is 464 Å². The van der Waals surface area contributed by atoms with Crippen LogP contribution in [0.15, 0.2) is 53.1 Å². The maximum Gasteiger partial charge on any atom is 2.00 e. The number of nitrogens with one attached hydrogen (secondary N) is 4. The Hall–Kier alpha value is -0.376. The fourth-order valence-electron chi connectivity index (χ4n) is 7.40. The van der Waals surface area contributed by atoms with Crippen LogP contribution in [0, 0.1) is 121 Å². The Kier molecular flexibility index (Phi) is 57.0. The topological polar surface area (TPSA) is 105 Å². The summed E-state index contributed by atoms with van der Waals surface area (Å²) in [4.78, 5) is 3.85. The molecule has 5 N–H and O–H groups in total. The molecule has 67 heavy (non-hydrogen) atoms. The van der Waals surface area contributed by atoms with Crippen LogP contribution in [0.4, 0.5) is 4.39 Å². The minimum Gasteiger partial charge on any atom is -0.518 e. The summed E-state index contributed by atoms with van der Waals surface area (Å²) >= 11 is 0. The van der Waals surface area contributed by atoms with Gasteiger partial charge in [-0.15, -0.1) is 11.3 Å². The predicted molar refractivity (Wildman–Crippen MR) is 287 cm³/mol. The zero-order chi connectivity index (χ0) is 49.9. The molecule has 6 nitrogen and oxygen atoms in total. The molecule has 384 valence electrons. The molecule has 0 aromatic carbocycles. The van der Waals surface area contributed by atoms with Crippen LogP contribution in [-0.4, -0.2) is 55.3 Å². The van der Waals surface area contributed by atoms with Crippen LogP contribution in [0.1, 0.15) is 218 Å². The van der Waals surface area contributed by atoms with Crippen molar-refractivity contribution in [1.82, 2.24) is 15.6 Å². The quantitative estimate of drug-likeness (QED) is 0.0262. The molecule has 3 unspecified atom stereocenters. The third kappa shape index (κ3) is 40.9. The number of nitrogens with zero attached hydrogens (tertiary/aromatic N) is 1. The summed E-state index contributed by atoms with van der Waals surface area (Å²) in [5.74, 6) is 2.09. The zero-order valence-corrected chi connectivity index (χ0v) is 54.4. The van der Waals surface area contributed by atoms with E-state index in [1.54, 1.807) is 12.1 Å². The predicted octanol–water partition coefficient (Wildman–Crippen LogP) is 16.2. The molecule has 1 aromatic heterocycles. The summed E-state index contributed by atoms with van der Waals surface area (Å²) in [5, 5.41) is 30.0. The van der Waals surface area contributed by atoms with Gasteiger partial charge >= 0.3 is 62.2 Å². The average molecular weight is 1380 g/mol. The number of halogens is 1. The second-order valence-electron chi connectivity index (χ2n) is 19.4. The van der Waals surface area contributed by atoms with Crippen molar-refractivity contribution in [3.05, 3.63) is 78.1 Å². The molecular weight excluding hydrogens is 1280 g/mol. The standard InChI is InChI=1S/C19H31N2.C11H13FN3.C10H22.C7H16.C6H13.C5H11O.2U/c1-6-17(7-8-18(15(2)3)16(4)5)13-19(14-20)9-11-21-12-10-19;12-10-4-1-3-9(15-10)11(7-13)5-2-6-14-8-11;1-4-6-7-8-9-10(3)5-2;1-3-5-7-6-4-2;1-4-5-6(2)3;1-3-5(2)4-6;;/h6-8,15,20-21H,9-13H2,1-5H3;1,3-4,13-14H,2,5-6,8H2;10H,4-9H2,1-3H3;3-7H2,1-2H3;4,6H,5H2,1-3H3;5-6H,2-4H2,1H3;;/q2*-1;;;2*-1;2*+2/b8-7-,17-6+;;;;;;;. The first-order valence-electron chi connectivity index (χ1n) is 26.2. The van der Waals surface area contributed by atoms with Gasteiger partial charge in [0.05, 0.1) is 0 Å². The summed E-state index contributed by atoms with van der Waals surface area (Å²) in [5.41, 5.74) is 4.10. The molecule has 2 saturated heterocycles. The zero-order valence-electron chi connectivity index (χ0n) is 46.1. The SMILES string of the molecule is C/C=C(\C=C/C(=C(C)C)C(C)C)CC1([C-]=N)CCNCC1.CCCCCCC.CCCCCCC(C)CC.C[CH-]CC(C)C.N=[C-]C1(c2cccc(F)n2)CCCNC1.[CH2-]C(CC)CO.[U+2].[U+2]. The number of aliphatic hydroxyl groups excluding tert-OH is 1. The van der Waals surface area contributed by atoms with E-state index in [4.69, 9.17) is 15.9 Å². The number of hydrogen-bond acceptors (Lipinski definition) is 6. The van der Waals surface area contributed by atoms with Crippen LogP contribution in [-0.2, 0) is 5.41 Å². The maximum absolute atomic E-state index is 13.0. The molecule has 0 spiro atoms. The molecule has 3 heterocycles. The van der Waals surface area contributed by atoms with Gasteiger partial charge in [0.25, 0.3) is 0 Å². The van der Waals surface area contributed by atoms with Crippen molar-refractivity contribution in [3.8, 4) is 0 Å². The second kappa shape index (κ2) is 50.6. The van der Waals surface area contributed by atoms with E-state index in [0.717, 1.165) is 70.0 Å². The number of aromatic nitrogens is 1. The molecule has 2 aliphatic heterocycles. The normalized spacial score (nSPS) is 17.0. The van der Waals surface area contributed by atoms with Gasteiger partial charge < -0.3 is 52.3 Å². The smallest absolute Gasteiger partial charge is 0.518 e. The Bertz CT molecular complexity index is 1340. The first-order chi connectivity index (χ1) is 31.0. The van der Waals surface area contributed by atoms with Crippen LogP contribution in [0.25, 0.3) is 0 Å². The summed E-state index contributed by atoms with van der Waals surface area (Å²) in [6, 6.07) is 4.71. The summed E-state index contributed by atoms with van der Waals surface area (Å²) in [6.45, 7) is 38.3. The molecule has 0 radical (unpaired) electrons. The van der Waals surface area contributed by atoms with Gasteiger partial charge in [0.15, 0.2) is 0 Å². The van der Waals surface area contributed by atoms with Gasteiger partial charge in [0.2, 0.25) is 5.95 Å². The van der Waals surface area contributed by atoms with E-state index in [1.165, 1.54) is 99.8 Å². The van der Waals surface area contributed by atoms with Crippen LogP contribution in [0.3, 0.4) is 0 Å². The fraction of sp³-hybridized carbons (Fsp3) is 0.741. The molecule has 3 atom stereocenters. The van der Waals surface area contributed by atoms with E-state index in [0.29, 0.717) is 18.2 Å². The van der Waals surface area contributed by atoms with E-state index >= 15 is 0 Å². The van der Waals surface area contributed by atoms with Crippen molar-refractivity contribution in [3.63, 3.8) is 0 Å². The molecular formula is C58H106FN5OU2. The van der Waals surface area contributed by atoms with E-state index in [9.17, 15) is 4.39 Å². The molecule has 1 aromatic rings. The number of piperidine rings is 2. The Morgan fingerprint density at radius 3 is 1.79 bits per heavy atom. The van der Waals surface area contributed by atoms with Crippen LogP contribution < -0.4 is 10.6 Å². The van der Waals surface area contributed by atoms with E-state index in [2.05, 4.69) is 150 Å². The number of hydrogen-bond donors (Lipinski definition) is 5. The molecule has 0 aliphatic carbocycles. The summed E-state index contributed by atoms with van der Waals surface area (Å²) in [6.07, 6.45) is 36.7. The minimum atomic E-state index is -0.541. The Morgan fingerprint density at radius 2 is 1.43 bits per heavy atom. The van der Waals surface area contributed by atoms with Crippen molar-refractivity contribution >= 4 is 12.4 Å². The van der Waals surface area contributed by atoms with E-state index in [-0.39, 0.29) is 80.2 Å². The molecule has 2 aliphatic rings. The average Bonchev–Trinajstić information content (AvgIpc) is 3.31. The van der Waals surface area contributed by atoms with Gasteiger partial charge in [-0.05, 0) is 89.3 Å². The Balaban J connectivity index is -0.000000245. The van der Waals surface area contributed by atoms with Crippen LogP contribution >= 0.6 is 0 Å². The van der Waals surface area contributed by atoms with E-state index in [1.807, 2.05) is 6.92 Å². The van der Waals surface area contributed by atoms with Gasteiger partial charge in [-0.3, -0.25) is 0 Å². The summed E-state index contributed by atoms with van der Waals surface area (Å²) < 4.78 is 13.0. The third-order valence-electron chi connectivity index (χ3n) is 12.2. The van der Waals surface area contributed by atoms with Crippen LogP contribution in [0.2, 0.25) is 0 Å². The molecule has 0 amide bonds. The van der Waals surface area contributed by atoms with Crippen molar-refractivity contribution in [1.29, 1.82) is 10.8 Å². The van der Waals surface area contributed by atoms with Gasteiger partial charge in [0, 0.05) is 12.3 Å². The number of pyridine rings is 1. The van der Waals surface area contributed by atoms with Gasteiger partial charge in [-0.1, -0.05) is 212 Å². The minimum absolute atomic E-state index is 0. The van der Waals surface area contributed by atoms with Crippen molar-refractivity contribution < 1.29 is 71.7 Å². The number of allylic oxidation sites excluding steroid dienone is 6. The molecule has 2 fully saturated rings. The molecule has 9 heteroatoms. The largest absolute Gasteiger partial charge is 2.00 e. The fourth-order valence-corrected chi connectivity index (χ4v) is 7.40. The number of rotatable bonds is 22. The van der Waals surface area contributed by atoms with Crippen molar-refractivity contribution in [2.24, 2.45) is 29.1 Å². The third-order valence-corrected chi connectivity index (χ3v) is 12.2. The number of aliphatic hydroxyl groups is 1.